The molecule has 40 heavy (non-hydrogen) atoms. The molecule has 0 saturated carbocycles. The van der Waals surface area contributed by atoms with Crippen molar-refractivity contribution in [3.05, 3.63) is 86.9 Å². The Kier molecular flexibility index (Phi) is 9.14. The van der Waals surface area contributed by atoms with Crippen LogP contribution in [0.15, 0.2) is 69.9 Å². The summed E-state index contributed by atoms with van der Waals surface area (Å²) in [6, 6.07) is 17.5. The maximum atomic E-state index is 14.1. The summed E-state index contributed by atoms with van der Waals surface area (Å²) in [5.41, 5.74) is 2.55. The van der Waals surface area contributed by atoms with Crippen molar-refractivity contribution in [3.63, 3.8) is 0 Å². The lowest BCUT2D eigenvalue weighted by Crippen LogP contribution is -2.40. The Morgan fingerprint density at radius 1 is 1.05 bits per heavy atom. The maximum Gasteiger partial charge on any atom is 0.322 e. The second kappa shape index (κ2) is 12.6. The number of benzene rings is 3. The largest absolute Gasteiger partial charge is 0.497 e. The minimum atomic E-state index is -0.565. The Balaban J connectivity index is 1.92. The number of nitrogens with one attached hydrogen (secondary N) is 1. The van der Waals surface area contributed by atoms with Crippen LogP contribution >= 0.6 is 15.9 Å². The van der Waals surface area contributed by atoms with Crippen LogP contribution in [0.1, 0.15) is 44.6 Å². The summed E-state index contributed by atoms with van der Waals surface area (Å²) in [7, 11) is 3.11. The normalized spacial score (nSPS) is 11.9. The van der Waals surface area contributed by atoms with Crippen LogP contribution < -0.4 is 20.3 Å². The van der Waals surface area contributed by atoms with Gasteiger partial charge in [-0.2, -0.15) is 0 Å². The summed E-state index contributed by atoms with van der Waals surface area (Å²) < 4.78 is 13.2. The lowest BCUT2D eigenvalue weighted by molar-refractivity contribution is 0.185. The van der Waals surface area contributed by atoms with Crippen molar-refractivity contribution in [1.82, 2.24) is 14.5 Å². The third kappa shape index (κ3) is 6.14. The summed E-state index contributed by atoms with van der Waals surface area (Å²) in [4.78, 5) is 34.6. The van der Waals surface area contributed by atoms with Gasteiger partial charge in [0.2, 0.25) is 0 Å². The number of aryl methyl sites for hydroxylation is 1. The monoisotopic (exact) mass is 606 g/mol. The number of aromatic nitrogens is 2. The first-order valence-corrected chi connectivity index (χ1v) is 14.0. The van der Waals surface area contributed by atoms with Crippen LogP contribution in [0.3, 0.4) is 0 Å². The van der Waals surface area contributed by atoms with Crippen LogP contribution in [0.4, 0.5) is 10.5 Å². The van der Waals surface area contributed by atoms with E-state index in [-0.39, 0.29) is 11.6 Å². The van der Waals surface area contributed by atoms with Crippen LogP contribution in [0.25, 0.3) is 16.6 Å². The molecule has 4 rings (SSSR count). The van der Waals surface area contributed by atoms with Crippen molar-refractivity contribution in [2.24, 2.45) is 5.92 Å². The molecule has 9 heteroatoms. The molecule has 1 heterocycles. The van der Waals surface area contributed by atoms with Gasteiger partial charge < -0.3 is 19.7 Å². The number of carbonyl (C=O) groups excluding carboxylic acids is 1. The van der Waals surface area contributed by atoms with Crippen molar-refractivity contribution in [2.45, 2.75) is 40.2 Å². The number of amides is 2. The van der Waals surface area contributed by atoms with Crippen LogP contribution in [0, 0.1) is 12.8 Å². The van der Waals surface area contributed by atoms with Crippen molar-refractivity contribution < 1.29 is 14.3 Å². The molecule has 1 N–H and O–H groups in total. The molecule has 0 bridgehead atoms. The van der Waals surface area contributed by atoms with Gasteiger partial charge in [-0.05, 0) is 71.9 Å². The Morgan fingerprint density at radius 3 is 2.48 bits per heavy atom. The van der Waals surface area contributed by atoms with Gasteiger partial charge in [0.25, 0.3) is 5.56 Å². The summed E-state index contributed by atoms with van der Waals surface area (Å²) in [6.07, 6.45) is 0.778. The molecule has 8 nitrogen and oxygen atoms in total. The number of para-hydroxylation sites is 1. The second-order valence-corrected chi connectivity index (χ2v) is 10.9. The fraction of sp³-hybridized carbons (Fsp3) is 0.323. The number of nitrogens with zero attached hydrogens (tertiary/aromatic N) is 3. The van der Waals surface area contributed by atoms with E-state index >= 15 is 0 Å². The molecule has 0 aliphatic carbocycles. The van der Waals surface area contributed by atoms with E-state index in [9.17, 15) is 9.59 Å². The highest BCUT2D eigenvalue weighted by molar-refractivity contribution is 9.10. The van der Waals surface area contributed by atoms with Gasteiger partial charge in [0.05, 0.1) is 41.3 Å². The summed E-state index contributed by atoms with van der Waals surface area (Å²) in [6.45, 7) is 8.58. The fourth-order valence-corrected chi connectivity index (χ4v) is 5.14. The lowest BCUT2D eigenvalue weighted by atomic mass is 10.1. The van der Waals surface area contributed by atoms with Gasteiger partial charge in [0.1, 0.15) is 17.3 Å². The van der Waals surface area contributed by atoms with Gasteiger partial charge in [0, 0.05) is 24.4 Å². The zero-order chi connectivity index (χ0) is 29.0. The molecule has 1 unspecified atom stereocenters. The quantitative estimate of drug-likeness (QED) is 0.219. The number of carbonyl (C=O) groups is 1. The van der Waals surface area contributed by atoms with Gasteiger partial charge in [0.15, 0.2) is 0 Å². The number of methoxy groups -OCH3 is 2. The first-order chi connectivity index (χ1) is 19.1. The summed E-state index contributed by atoms with van der Waals surface area (Å²) in [5.74, 6) is 1.80. The van der Waals surface area contributed by atoms with Crippen LogP contribution in [0.2, 0.25) is 0 Å². The molecule has 0 saturated heterocycles. The number of hydrogen-bond donors (Lipinski definition) is 1. The van der Waals surface area contributed by atoms with Crippen molar-refractivity contribution in [2.75, 3.05) is 26.1 Å². The van der Waals surface area contributed by atoms with E-state index in [1.54, 1.807) is 41.9 Å². The van der Waals surface area contributed by atoms with Gasteiger partial charge in [-0.15, -0.1) is 0 Å². The molecule has 0 radical (unpaired) electrons. The van der Waals surface area contributed by atoms with Gasteiger partial charge in [-0.3, -0.25) is 9.36 Å². The molecule has 1 atom stereocenters. The highest BCUT2D eigenvalue weighted by Gasteiger charge is 2.28. The Bertz CT molecular complexity index is 1580. The standard InChI is InChI=1S/C31H35BrN4O4/c1-19(2)14-15-35(31(38)33-22-11-9-10-20(3)16-22)21(4)29-34-25-13-8-7-12-24(25)30(37)36(29)26-17-23(39-5)18-27(40-6)28(26)32/h7-13,16-19,21H,14-15H2,1-6H3,(H,33,38). The molecule has 2 amide bonds. The van der Waals surface area contributed by atoms with Crippen molar-refractivity contribution >= 4 is 38.6 Å². The minimum absolute atomic E-state index is 0.258. The molecule has 0 aliphatic heterocycles. The van der Waals surface area contributed by atoms with E-state index in [1.165, 1.54) is 0 Å². The average Bonchev–Trinajstić information content (AvgIpc) is 2.93. The van der Waals surface area contributed by atoms with E-state index < -0.39 is 6.04 Å². The predicted octanol–water partition coefficient (Wildman–Crippen LogP) is 7.12. The first kappa shape index (κ1) is 29.1. The molecule has 0 spiro atoms. The SMILES string of the molecule is COc1cc(OC)c(Br)c(-n2c(C(C)N(CCC(C)C)C(=O)Nc3cccc(C)c3)nc3ccccc3c2=O)c1. The van der Waals surface area contributed by atoms with E-state index in [0.717, 1.165) is 12.0 Å². The number of fused-ring (bicyclic) bond motifs is 1. The minimum Gasteiger partial charge on any atom is -0.497 e. The molecule has 4 aromatic rings. The zero-order valence-corrected chi connectivity index (χ0v) is 25.3. The number of halogens is 1. The predicted molar refractivity (Wildman–Crippen MR) is 163 cm³/mol. The highest BCUT2D eigenvalue weighted by Crippen LogP contribution is 2.37. The van der Waals surface area contributed by atoms with E-state index in [4.69, 9.17) is 14.5 Å². The van der Waals surface area contributed by atoms with Crippen LogP contribution in [-0.4, -0.2) is 41.2 Å². The third-order valence-electron chi connectivity index (χ3n) is 6.81. The molecular formula is C31H35BrN4O4. The summed E-state index contributed by atoms with van der Waals surface area (Å²) in [5, 5.41) is 3.50. The van der Waals surface area contributed by atoms with Crippen LogP contribution in [0.5, 0.6) is 11.5 Å². The number of hydrogen-bond acceptors (Lipinski definition) is 5. The third-order valence-corrected chi connectivity index (χ3v) is 7.61. The Hall–Kier alpha value is -3.85. The number of rotatable bonds is 9. The zero-order valence-electron chi connectivity index (χ0n) is 23.7. The Labute approximate surface area is 243 Å². The first-order valence-electron chi connectivity index (χ1n) is 13.2. The fourth-order valence-electron chi connectivity index (χ4n) is 4.58. The number of ether oxygens (including phenoxy) is 2. The Morgan fingerprint density at radius 2 is 1.80 bits per heavy atom. The summed E-state index contributed by atoms with van der Waals surface area (Å²) >= 11 is 3.63. The smallest absolute Gasteiger partial charge is 0.322 e. The van der Waals surface area contributed by atoms with Crippen molar-refractivity contribution in [3.8, 4) is 17.2 Å². The van der Waals surface area contributed by atoms with E-state index in [0.29, 0.717) is 56.5 Å². The molecule has 3 aromatic carbocycles. The van der Waals surface area contributed by atoms with Gasteiger partial charge >= 0.3 is 6.03 Å². The molecule has 1 aromatic heterocycles. The van der Waals surface area contributed by atoms with Crippen molar-refractivity contribution in [1.29, 1.82) is 0 Å². The maximum absolute atomic E-state index is 14.1. The number of urea groups is 1. The molecule has 210 valence electrons. The molecular weight excluding hydrogens is 572 g/mol. The molecule has 0 fully saturated rings. The second-order valence-electron chi connectivity index (χ2n) is 10.1. The lowest BCUT2D eigenvalue weighted by Gasteiger charge is -2.31. The number of anilines is 1. The highest BCUT2D eigenvalue weighted by atomic mass is 79.9. The van der Waals surface area contributed by atoms with E-state index in [1.807, 2.05) is 56.3 Å². The van der Waals surface area contributed by atoms with Crippen LogP contribution in [-0.2, 0) is 0 Å². The molecule has 0 aliphatic rings. The van der Waals surface area contributed by atoms with E-state index in [2.05, 4.69) is 35.1 Å². The average molecular weight is 608 g/mol. The van der Waals surface area contributed by atoms with Gasteiger partial charge in [-0.25, -0.2) is 9.78 Å². The topological polar surface area (TPSA) is 85.7 Å². The van der Waals surface area contributed by atoms with Gasteiger partial charge in [-0.1, -0.05) is 38.1 Å².